The standard InChI is InChI=1S/C14H14O4S/c1-10(15)11-2-4-12(5-3-11)18-13-6-8-14(9-7-13)19(16)17/h2-10,15H,1H3,(H,16,17). The van der Waals surface area contributed by atoms with Gasteiger partial charge in [0.2, 0.25) is 0 Å². The number of hydrogen-bond donors (Lipinski definition) is 2. The van der Waals surface area contributed by atoms with Crippen LogP contribution in [0.2, 0.25) is 0 Å². The van der Waals surface area contributed by atoms with E-state index in [1.165, 1.54) is 12.1 Å². The number of aliphatic hydroxyl groups excluding tert-OH is 1. The molecule has 2 unspecified atom stereocenters. The molecule has 0 aliphatic carbocycles. The lowest BCUT2D eigenvalue weighted by Crippen LogP contribution is -1.91. The Labute approximate surface area is 114 Å². The Morgan fingerprint density at radius 1 is 1.00 bits per heavy atom. The summed E-state index contributed by atoms with van der Waals surface area (Å²) in [5.74, 6) is 1.22. The van der Waals surface area contributed by atoms with Crippen molar-refractivity contribution in [3.8, 4) is 11.5 Å². The van der Waals surface area contributed by atoms with E-state index in [-0.39, 0.29) is 0 Å². The lowest BCUT2D eigenvalue weighted by molar-refractivity contribution is 0.199. The van der Waals surface area contributed by atoms with Gasteiger partial charge in [-0.05, 0) is 48.9 Å². The van der Waals surface area contributed by atoms with E-state index in [0.29, 0.717) is 16.4 Å². The molecule has 0 bridgehead atoms. The molecule has 0 aromatic heterocycles. The minimum absolute atomic E-state index is 0.330. The Balaban J connectivity index is 2.10. The number of benzene rings is 2. The Bertz CT molecular complexity index is 561. The number of rotatable bonds is 4. The summed E-state index contributed by atoms with van der Waals surface area (Å²) in [4.78, 5) is 0.330. The number of ether oxygens (including phenoxy) is 1. The Kier molecular flexibility index (Phi) is 4.31. The van der Waals surface area contributed by atoms with Gasteiger partial charge < -0.3 is 14.4 Å². The maximum atomic E-state index is 10.8. The second kappa shape index (κ2) is 5.97. The van der Waals surface area contributed by atoms with E-state index in [2.05, 4.69) is 0 Å². The molecule has 2 rings (SSSR count). The van der Waals surface area contributed by atoms with E-state index in [9.17, 15) is 9.32 Å². The highest BCUT2D eigenvalue weighted by Gasteiger charge is 2.03. The van der Waals surface area contributed by atoms with E-state index in [1.807, 2.05) is 0 Å². The zero-order valence-electron chi connectivity index (χ0n) is 10.3. The minimum atomic E-state index is -1.98. The van der Waals surface area contributed by atoms with Gasteiger partial charge in [-0.1, -0.05) is 12.1 Å². The first-order valence-electron chi connectivity index (χ1n) is 5.73. The molecule has 0 saturated carbocycles. The minimum Gasteiger partial charge on any atom is -0.457 e. The van der Waals surface area contributed by atoms with Gasteiger partial charge in [0.25, 0.3) is 0 Å². The van der Waals surface area contributed by atoms with Crippen LogP contribution in [0.25, 0.3) is 0 Å². The van der Waals surface area contributed by atoms with Crippen LogP contribution in [0.1, 0.15) is 18.6 Å². The largest absolute Gasteiger partial charge is 0.457 e. The third kappa shape index (κ3) is 3.64. The van der Waals surface area contributed by atoms with Crippen molar-refractivity contribution < 1.29 is 18.6 Å². The summed E-state index contributed by atoms with van der Waals surface area (Å²) in [6.07, 6.45) is -0.507. The molecule has 100 valence electrons. The summed E-state index contributed by atoms with van der Waals surface area (Å²) in [6, 6.07) is 13.4. The van der Waals surface area contributed by atoms with Crippen molar-refractivity contribution in [3.05, 3.63) is 54.1 Å². The van der Waals surface area contributed by atoms with Crippen LogP contribution in [0.4, 0.5) is 0 Å². The first kappa shape index (κ1) is 13.7. The van der Waals surface area contributed by atoms with Gasteiger partial charge in [0, 0.05) is 0 Å². The molecule has 4 nitrogen and oxygen atoms in total. The molecule has 2 aromatic rings. The van der Waals surface area contributed by atoms with Gasteiger partial charge in [-0.15, -0.1) is 0 Å². The second-order valence-corrected chi connectivity index (χ2v) is 5.04. The van der Waals surface area contributed by atoms with Crippen LogP contribution in [0.5, 0.6) is 11.5 Å². The average Bonchev–Trinajstić information content (AvgIpc) is 2.40. The fraction of sp³-hybridized carbons (Fsp3) is 0.143. The van der Waals surface area contributed by atoms with Crippen LogP contribution in [-0.2, 0) is 11.1 Å². The fourth-order valence-electron chi connectivity index (χ4n) is 1.57. The van der Waals surface area contributed by atoms with Crippen molar-refractivity contribution in [1.29, 1.82) is 0 Å². The SMILES string of the molecule is CC(O)c1ccc(Oc2ccc(S(=O)O)cc2)cc1. The fourth-order valence-corrected chi connectivity index (χ4v) is 1.94. The normalized spacial score (nSPS) is 13.8. The first-order chi connectivity index (χ1) is 9.06. The molecular weight excluding hydrogens is 264 g/mol. The molecule has 0 heterocycles. The van der Waals surface area contributed by atoms with E-state index in [0.717, 1.165) is 5.56 Å². The van der Waals surface area contributed by atoms with Crippen LogP contribution < -0.4 is 4.74 Å². The third-order valence-corrected chi connectivity index (χ3v) is 3.30. The lowest BCUT2D eigenvalue weighted by atomic mass is 10.1. The molecule has 2 atom stereocenters. The molecule has 0 spiro atoms. The van der Waals surface area contributed by atoms with Gasteiger partial charge in [-0.25, -0.2) is 4.21 Å². The average molecular weight is 278 g/mol. The molecule has 5 heteroatoms. The number of aliphatic hydroxyl groups is 1. The monoisotopic (exact) mass is 278 g/mol. The Morgan fingerprint density at radius 3 is 1.89 bits per heavy atom. The summed E-state index contributed by atoms with van der Waals surface area (Å²) in [5, 5.41) is 9.39. The van der Waals surface area contributed by atoms with E-state index >= 15 is 0 Å². The van der Waals surface area contributed by atoms with Crippen LogP contribution in [0.3, 0.4) is 0 Å². The molecule has 0 aliphatic heterocycles. The van der Waals surface area contributed by atoms with Crippen LogP contribution in [0.15, 0.2) is 53.4 Å². The van der Waals surface area contributed by atoms with Crippen molar-refractivity contribution >= 4 is 11.1 Å². The topological polar surface area (TPSA) is 66.8 Å². The molecule has 0 radical (unpaired) electrons. The summed E-state index contributed by atoms with van der Waals surface area (Å²) < 4.78 is 25.3. The van der Waals surface area contributed by atoms with Crippen LogP contribution in [0, 0.1) is 0 Å². The maximum absolute atomic E-state index is 10.8. The summed E-state index contributed by atoms with van der Waals surface area (Å²) in [7, 11) is 0. The van der Waals surface area contributed by atoms with Gasteiger partial charge in [-0.2, -0.15) is 0 Å². The molecule has 2 aromatic carbocycles. The molecular formula is C14H14O4S. The highest BCUT2D eigenvalue weighted by atomic mass is 32.2. The van der Waals surface area contributed by atoms with E-state index in [1.54, 1.807) is 43.3 Å². The maximum Gasteiger partial charge on any atom is 0.186 e. The molecule has 0 aliphatic rings. The van der Waals surface area contributed by atoms with Crippen molar-refractivity contribution in [3.63, 3.8) is 0 Å². The zero-order chi connectivity index (χ0) is 13.8. The van der Waals surface area contributed by atoms with Crippen LogP contribution in [-0.4, -0.2) is 13.9 Å². The molecule has 19 heavy (non-hydrogen) atoms. The quantitative estimate of drug-likeness (QED) is 0.843. The molecule has 2 N–H and O–H groups in total. The molecule has 0 fully saturated rings. The van der Waals surface area contributed by atoms with Gasteiger partial charge in [0.05, 0.1) is 11.0 Å². The Morgan fingerprint density at radius 2 is 1.47 bits per heavy atom. The second-order valence-electron chi connectivity index (χ2n) is 4.07. The van der Waals surface area contributed by atoms with E-state index < -0.39 is 17.2 Å². The summed E-state index contributed by atoms with van der Waals surface area (Å²) in [6.45, 7) is 1.70. The predicted molar refractivity (Wildman–Crippen MR) is 72.6 cm³/mol. The van der Waals surface area contributed by atoms with Gasteiger partial charge in [0.15, 0.2) is 11.1 Å². The highest BCUT2D eigenvalue weighted by Crippen LogP contribution is 2.24. The van der Waals surface area contributed by atoms with Crippen molar-refractivity contribution in [2.45, 2.75) is 17.9 Å². The molecule has 0 saturated heterocycles. The van der Waals surface area contributed by atoms with Gasteiger partial charge >= 0.3 is 0 Å². The third-order valence-electron chi connectivity index (χ3n) is 2.62. The predicted octanol–water partition coefficient (Wildman–Crippen LogP) is 3.11. The van der Waals surface area contributed by atoms with Crippen molar-refractivity contribution in [2.75, 3.05) is 0 Å². The van der Waals surface area contributed by atoms with Crippen LogP contribution >= 0.6 is 0 Å². The highest BCUT2D eigenvalue weighted by molar-refractivity contribution is 7.79. The lowest BCUT2D eigenvalue weighted by Gasteiger charge is -2.08. The van der Waals surface area contributed by atoms with Crippen molar-refractivity contribution in [2.24, 2.45) is 0 Å². The smallest absolute Gasteiger partial charge is 0.186 e. The zero-order valence-corrected chi connectivity index (χ0v) is 11.1. The number of hydrogen-bond acceptors (Lipinski definition) is 3. The summed E-state index contributed by atoms with van der Waals surface area (Å²) in [5.41, 5.74) is 0.818. The van der Waals surface area contributed by atoms with Gasteiger partial charge in [-0.3, -0.25) is 0 Å². The van der Waals surface area contributed by atoms with E-state index in [4.69, 9.17) is 9.29 Å². The molecule has 0 amide bonds. The Hall–Kier alpha value is -1.69. The summed E-state index contributed by atoms with van der Waals surface area (Å²) >= 11 is -1.98. The first-order valence-corrected chi connectivity index (χ1v) is 6.84. The van der Waals surface area contributed by atoms with Crippen molar-refractivity contribution in [1.82, 2.24) is 0 Å². The van der Waals surface area contributed by atoms with Gasteiger partial charge in [0.1, 0.15) is 11.5 Å².